The number of carbonyl (C=O) groups excluding carboxylic acids is 2. The number of hydrogen-bond acceptors (Lipinski definition) is 4. The van der Waals surface area contributed by atoms with Crippen LogP contribution in [0.3, 0.4) is 0 Å². The molecule has 0 saturated heterocycles. The van der Waals surface area contributed by atoms with E-state index in [1.165, 1.54) is 0 Å². The Hall–Kier alpha value is -3.13. The van der Waals surface area contributed by atoms with Crippen LogP contribution < -0.4 is 5.32 Å². The van der Waals surface area contributed by atoms with E-state index in [1.54, 1.807) is 19.1 Å². The summed E-state index contributed by atoms with van der Waals surface area (Å²) < 4.78 is 5.45. The van der Waals surface area contributed by atoms with Crippen LogP contribution in [-0.4, -0.2) is 23.5 Å². The maximum Gasteiger partial charge on any atom is 0.339 e. The minimum Gasteiger partial charge on any atom is -0.449 e. The summed E-state index contributed by atoms with van der Waals surface area (Å²) in [5.41, 5.74) is 1.54. The van der Waals surface area contributed by atoms with E-state index in [0.29, 0.717) is 24.8 Å². The first-order valence-corrected chi connectivity index (χ1v) is 10.1. The Morgan fingerprint density at radius 2 is 1.72 bits per heavy atom. The van der Waals surface area contributed by atoms with Gasteiger partial charge in [-0.2, -0.15) is 5.26 Å². The van der Waals surface area contributed by atoms with Crippen LogP contribution in [0.2, 0.25) is 0 Å². The van der Waals surface area contributed by atoms with Gasteiger partial charge in [-0.05, 0) is 43.4 Å². The Balaban J connectivity index is 1.67. The minimum absolute atomic E-state index is 0.428. The zero-order valence-electron chi connectivity index (χ0n) is 16.7. The van der Waals surface area contributed by atoms with Gasteiger partial charge in [-0.1, -0.05) is 67.8 Å². The third kappa shape index (κ3) is 5.23. The fourth-order valence-electron chi connectivity index (χ4n) is 3.72. The number of hydrogen-bond donors (Lipinski definition) is 1. The molecular formula is C24H26N2O3. The van der Waals surface area contributed by atoms with Crippen LogP contribution in [0.5, 0.6) is 0 Å². The molecular weight excluding hydrogens is 364 g/mol. The average Bonchev–Trinajstić information content (AvgIpc) is 2.75. The number of esters is 1. The molecule has 1 fully saturated rings. The van der Waals surface area contributed by atoms with Crippen molar-refractivity contribution in [3.05, 3.63) is 71.3 Å². The maximum atomic E-state index is 12.7. The zero-order chi connectivity index (χ0) is 20.7. The molecule has 5 heteroatoms. The molecule has 0 unspecified atom stereocenters. The Labute approximate surface area is 171 Å². The van der Waals surface area contributed by atoms with Crippen LogP contribution in [0.15, 0.2) is 54.6 Å². The molecule has 2 aromatic rings. The monoisotopic (exact) mass is 390 g/mol. The predicted molar refractivity (Wildman–Crippen MR) is 110 cm³/mol. The second-order valence-corrected chi connectivity index (χ2v) is 7.61. The van der Waals surface area contributed by atoms with E-state index < -0.39 is 23.5 Å². The molecule has 150 valence electrons. The summed E-state index contributed by atoms with van der Waals surface area (Å²) >= 11 is 0. The molecule has 1 aliphatic carbocycles. The Kier molecular flexibility index (Phi) is 6.66. The summed E-state index contributed by atoms with van der Waals surface area (Å²) in [6, 6.07) is 19.4. The normalized spacial score (nSPS) is 16.3. The summed E-state index contributed by atoms with van der Waals surface area (Å²) in [6.07, 6.45) is 3.79. The second kappa shape index (κ2) is 9.38. The van der Waals surface area contributed by atoms with Crippen LogP contribution in [-0.2, 0) is 16.0 Å². The number of ether oxygens (including phenoxy) is 1. The van der Waals surface area contributed by atoms with Gasteiger partial charge in [0, 0.05) is 0 Å². The van der Waals surface area contributed by atoms with Crippen molar-refractivity contribution in [3.8, 4) is 6.07 Å². The van der Waals surface area contributed by atoms with Gasteiger partial charge in [-0.15, -0.1) is 0 Å². The van der Waals surface area contributed by atoms with Gasteiger partial charge in [0.25, 0.3) is 5.91 Å². The topological polar surface area (TPSA) is 79.2 Å². The van der Waals surface area contributed by atoms with E-state index in [2.05, 4.69) is 11.4 Å². The number of carbonyl (C=O) groups is 2. The Morgan fingerprint density at radius 1 is 1.07 bits per heavy atom. The lowest BCUT2D eigenvalue weighted by atomic mass is 9.83. The predicted octanol–water partition coefficient (Wildman–Crippen LogP) is 4.17. The molecule has 2 aromatic carbocycles. The molecule has 5 nitrogen and oxygen atoms in total. The number of benzene rings is 2. The fraction of sp³-hybridized carbons (Fsp3) is 0.375. The molecule has 0 aromatic heterocycles. The van der Waals surface area contributed by atoms with Crippen molar-refractivity contribution in [1.29, 1.82) is 5.26 Å². The van der Waals surface area contributed by atoms with Crippen molar-refractivity contribution in [3.63, 3.8) is 0 Å². The van der Waals surface area contributed by atoms with E-state index >= 15 is 0 Å². The third-order valence-corrected chi connectivity index (χ3v) is 5.41. The highest BCUT2D eigenvalue weighted by atomic mass is 16.5. The minimum atomic E-state index is -0.973. The largest absolute Gasteiger partial charge is 0.449 e. The van der Waals surface area contributed by atoms with E-state index in [1.807, 2.05) is 42.5 Å². The maximum absolute atomic E-state index is 12.7. The van der Waals surface area contributed by atoms with Crippen LogP contribution in [0, 0.1) is 11.3 Å². The van der Waals surface area contributed by atoms with Gasteiger partial charge in [-0.25, -0.2) is 4.79 Å². The van der Waals surface area contributed by atoms with Gasteiger partial charge in [0.05, 0.1) is 11.6 Å². The van der Waals surface area contributed by atoms with Crippen molar-refractivity contribution in [1.82, 2.24) is 5.32 Å². The SMILES string of the molecule is C[C@@H](OC(=O)c1ccccc1Cc1ccccc1)C(=O)NC1(C#N)CCCCC1. The van der Waals surface area contributed by atoms with Crippen LogP contribution >= 0.6 is 0 Å². The van der Waals surface area contributed by atoms with Crippen LogP contribution in [0.25, 0.3) is 0 Å². The van der Waals surface area contributed by atoms with Gasteiger partial charge in [0.1, 0.15) is 5.54 Å². The van der Waals surface area contributed by atoms with Crippen LogP contribution in [0.4, 0.5) is 0 Å². The number of nitrogens with zero attached hydrogens (tertiary/aromatic N) is 1. The highest BCUT2D eigenvalue weighted by Crippen LogP contribution is 2.27. The molecule has 3 rings (SSSR count). The van der Waals surface area contributed by atoms with Crippen molar-refractivity contribution in [2.75, 3.05) is 0 Å². The Morgan fingerprint density at radius 3 is 2.41 bits per heavy atom. The average molecular weight is 390 g/mol. The summed E-state index contributed by atoms with van der Waals surface area (Å²) in [4.78, 5) is 25.3. The van der Waals surface area contributed by atoms with E-state index in [4.69, 9.17) is 4.74 Å². The quantitative estimate of drug-likeness (QED) is 0.751. The standard InChI is InChI=1S/C24H26N2O3/c1-18(22(27)26-24(17-25)14-8-3-9-15-24)29-23(28)21-13-7-6-12-20(21)16-19-10-4-2-5-11-19/h2,4-7,10-13,18H,3,8-9,14-16H2,1H3,(H,26,27)/t18-/m1/s1. The lowest BCUT2D eigenvalue weighted by Crippen LogP contribution is -2.52. The zero-order valence-corrected chi connectivity index (χ0v) is 16.7. The molecule has 1 atom stereocenters. The number of amides is 1. The number of rotatable bonds is 6. The van der Waals surface area contributed by atoms with E-state index in [-0.39, 0.29) is 0 Å². The molecule has 0 heterocycles. The van der Waals surface area contributed by atoms with Gasteiger partial charge in [0.15, 0.2) is 6.10 Å². The van der Waals surface area contributed by atoms with Crippen molar-refractivity contribution in [2.24, 2.45) is 0 Å². The first kappa shape index (κ1) is 20.6. The summed E-state index contributed by atoms with van der Waals surface area (Å²) in [5.74, 6) is -0.962. The second-order valence-electron chi connectivity index (χ2n) is 7.61. The van der Waals surface area contributed by atoms with Gasteiger partial charge in [-0.3, -0.25) is 4.79 Å². The molecule has 29 heavy (non-hydrogen) atoms. The molecule has 1 amide bonds. The molecule has 0 radical (unpaired) electrons. The highest BCUT2D eigenvalue weighted by Gasteiger charge is 2.35. The smallest absolute Gasteiger partial charge is 0.339 e. The Bertz CT molecular complexity index is 896. The lowest BCUT2D eigenvalue weighted by Gasteiger charge is -2.32. The van der Waals surface area contributed by atoms with Gasteiger partial charge in [0.2, 0.25) is 0 Å². The van der Waals surface area contributed by atoms with E-state index in [0.717, 1.165) is 30.4 Å². The molecule has 0 spiro atoms. The van der Waals surface area contributed by atoms with Crippen molar-refractivity contribution < 1.29 is 14.3 Å². The third-order valence-electron chi connectivity index (χ3n) is 5.41. The first-order chi connectivity index (χ1) is 14.0. The lowest BCUT2D eigenvalue weighted by molar-refractivity contribution is -0.130. The molecule has 1 aliphatic rings. The van der Waals surface area contributed by atoms with Gasteiger partial charge >= 0.3 is 5.97 Å². The fourth-order valence-corrected chi connectivity index (χ4v) is 3.72. The highest BCUT2D eigenvalue weighted by molar-refractivity contribution is 5.93. The number of nitriles is 1. The van der Waals surface area contributed by atoms with E-state index in [9.17, 15) is 14.9 Å². The van der Waals surface area contributed by atoms with Crippen LogP contribution in [0.1, 0.15) is 60.5 Å². The summed E-state index contributed by atoms with van der Waals surface area (Å²) in [5, 5.41) is 12.4. The molecule has 1 saturated carbocycles. The molecule has 0 bridgehead atoms. The molecule has 1 N–H and O–H groups in total. The van der Waals surface area contributed by atoms with Gasteiger partial charge < -0.3 is 10.1 Å². The number of nitrogens with one attached hydrogen (secondary N) is 1. The van der Waals surface area contributed by atoms with Crippen molar-refractivity contribution in [2.45, 2.75) is 57.1 Å². The molecule has 0 aliphatic heterocycles. The van der Waals surface area contributed by atoms with Crippen molar-refractivity contribution >= 4 is 11.9 Å². The summed E-state index contributed by atoms with van der Waals surface area (Å²) in [7, 11) is 0. The first-order valence-electron chi connectivity index (χ1n) is 10.1. The summed E-state index contributed by atoms with van der Waals surface area (Å²) in [6.45, 7) is 1.54.